The van der Waals surface area contributed by atoms with Crippen LogP contribution in [0.1, 0.15) is 13.8 Å². The van der Waals surface area contributed by atoms with Gasteiger partial charge in [0.25, 0.3) is 0 Å². The van der Waals surface area contributed by atoms with Gasteiger partial charge < -0.3 is 4.74 Å². The molecule has 1 aromatic heterocycles. The van der Waals surface area contributed by atoms with Gasteiger partial charge in [-0.1, -0.05) is 0 Å². The molecule has 4 heteroatoms. The summed E-state index contributed by atoms with van der Waals surface area (Å²) in [6.45, 7) is 4.04. The molecule has 0 aromatic carbocycles. The van der Waals surface area contributed by atoms with Crippen LogP contribution in [0, 0.1) is 0 Å². The minimum Gasteiger partial charge on any atom is -0.485 e. The summed E-state index contributed by atoms with van der Waals surface area (Å²) in [7, 11) is 0. The van der Waals surface area contributed by atoms with E-state index >= 15 is 0 Å². The summed E-state index contributed by atoms with van der Waals surface area (Å²) in [5.41, 5.74) is 0. The van der Waals surface area contributed by atoms with Crippen molar-refractivity contribution < 1.29 is 9.53 Å². The molecule has 2 heterocycles. The van der Waals surface area contributed by atoms with Crippen molar-refractivity contribution in [1.29, 1.82) is 0 Å². The molecule has 1 amide bonds. The molecule has 0 spiro atoms. The van der Waals surface area contributed by atoms with Crippen molar-refractivity contribution in [2.45, 2.75) is 20.0 Å². The number of aromatic nitrogens is 1. The number of nitrogens with zero attached hydrogens (tertiary/aromatic N) is 2. The first-order valence-corrected chi connectivity index (χ1v) is 4.58. The van der Waals surface area contributed by atoms with E-state index in [1.807, 2.05) is 13.0 Å². The lowest BCUT2D eigenvalue weighted by atomic mass is 10.2. The molecule has 0 radical (unpaired) electrons. The molecule has 0 fully saturated rings. The van der Waals surface area contributed by atoms with Crippen LogP contribution in [-0.4, -0.2) is 23.5 Å². The van der Waals surface area contributed by atoms with Crippen LogP contribution in [0.5, 0.6) is 5.75 Å². The normalized spacial score (nSPS) is 19.9. The fourth-order valence-corrected chi connectivity index (χ4v) is 1.55. The fourth-order valence-electron chi connectivity index (χ4n) is 1.55. The third kappa shape index (κ3) is 1.43. The predicted octanol–water partition coefficient (Wildman–Crippen LogP) is 1.22. The molecule has 0 N–H and O–H groups in total. The number of carbonyl (C=O) groups is 1. The second-order valence-electron chi connectivity index (χ2n) is 3.38. The highest BCUT2D eigenvalue weighted by molar-refractivity contribution is 5.92. The van der Waals surface area contributed by atoms with E-state index in [0.717, 1.165) is 0 Å². The molecule has 14 heavy (non-hydrogen) atoms. The Morgan fingerprint density at radius 3 is 3.21 bits per heavy atom. The Morgan fingerprint density at radius 1 is 1.71 bits per heavy atom. The van der Waals surface area contributed by atoms with Gasteiger partial charge in [0.1, 0.15) is 6.10 Å². The zero-order valence-electron chi connectivity index (χ0n) is 8.23. The Hall–Kier alpha value is -1.58. The molecule has 1 unspecified atom stereocenters. The summed E-state index contributed by atoms with van der Waals surface area (Å²) in [6, 6.07) is 3.63. The predicted molar refractivity (Wildman–Crippen MR) is 52.4 cm³/mol. The van der Waals surface area contributed by atoms with E-state index in [1.165, 1.54) is 6.92 Å². The first-order valence-electron chi connectivity index (χ1n) is 4.58. The van der Waals surface area contributed by atoms with Gasteiger partial charge in [0, 0.05) is 13.1 Å². The van der Waals surface area contributed by atoms with Gasteiger partial charge in [-0.3, -0.25) is 9.69 Å². The highest BCUT2D eigenvalue weighted by Gasteiger charge is 2.26. The Balaban J connectivity index is 2.43. The SMILES string of the molecule is CC(=O)N1CC(C)Oc2cccnc21. The molecule has 2 rings (SSSR count). The van der Waals surface area contributed by atoms with E-state index in [0.29, 0.717) is 18.1 Å². The zero-order valence-corrected chi connectivity index (χ0v) is 8.23. The smallest absolute Gasteiger partial charge is 0.225 e. The van der Waals surface area contributed by atoms with E-state index < -0.39 is 0 Å². The summed E-state index contributed by atoms with van der Waals surface area (Å²) in [5.74, 6) is 1.31. The molecule has 1 aliphatic heterocycles. The lowest BCUT2D eigenvalue weighted by Gasteiger charge is -2.31. The van der Waals surface area contributed by atoms with Gasteiger partial charge in [-0.05, 0) is 19.1 Å². The van der Waals surface area contributed by atoms with Crippen LogP contribution in [0.25, 0.3) is 0 Å². The van der Waals surface area contributed by atoms with Gasteiger partial charge in [0.2, 0.25) is 5.91 Å². The molecule has 74 valence electrons. The van der Waals surface area contributed by atoms with Crippen LogP contribution in [0.3, 0.4) is 0 Å². The second kappa shape index (κ2) is 3.29. The molecule has 0 aliphatic carbocycles. The first-order chi connectivity index (χ1) is 6.68. The summed E-state index contributed by atoms with van der Waals surface area (Å²) < 4.78 is 5.56. The van der Waals surface area contributed by atoms with Gasteiger partial charge in [-0.15, -0.1) is 0 Å². The molecule has 4 nitrogen and oxygen atoms in total. The Bertz CT molecular complexity index is 365. The van der Waals surface area contributed by atoms with E-state index in [9.17, 15) is 4.79 Å². The highest BCUT2D eigenvalue weighted by Crippen LogP contribution is 2.30. The van der Waals surface area contributed by atoms with Gasteiger partial charge in [0.15, 0.2) is 11.6 Å². The number of anilines is 1. The number of ether oxygens (including phenoxy) is 1. The van der Waals surface area contributed by atoms with E-state index in [-0.39, 0.29) is 12.0 Å². The van der Waals surface area contributed by atoms with Crippen LogP contribution in [-0.2, 0) is 4.79 Å². The van der Waals surface area contributed by atoms with Crippen molar-refractivity contribution in [3.63, 3.8) is 0 Å². The Kier molecular flexibility index (Phi) is 2.11. The molecule has 1 aromatic rings. The van der Waals surface area contributed by atoms with Crippen LogP contribution >= 0.6 is 0 Å². The van der Waals surface area contributed by atoms with Gasteiger partial charge >= 0.3 is 0 Å². The second-order valence-corrected chi connectivity index (χ2v) is 3.38. The standard InChI is InChI=1S/C10H12N2O2/c1-7-6-12(8(2)13)10-9(14-7)4-3-5-11-10/h3-5,7H,6H2,1-2H3. The van der Waals surface area contributed by atoms with E-state index in [1.54, 1.807) is 17.2 Å². The van der Waals surface area contributed by atoms with Crippen LogP contribution in [0.4, 0.5) is 5.82 Å². The molecule has 0 bridgehead atoms. The lowest BCUT2D eigenvalue weighted by molar-refractivity contribution is -0.117. The molecular weight excluding hydrogens is 180 g/mol. The number of carbonyl (C=O) groups excluding carboxylic acids is 1. The average Bonchev–Trinajstić information content (AvgIpc) is 2.16. The summed E-state index contributed by atoms with van der Waals surface area (Å²) in [6.07, 6.45) is 1.68. The number of amides is 1. The van der Waals surface area contributed by atoms with Crippen molar-refractivity contribution in [3.8, 4) is 5.75 Å². The minimum absolute atomic E-state index is 0.0000926. The van der Waals surface area contributed by atoms with Crippen molar-refractivity contribution in [3.05, 3.63) is 18.3 Å². The van der Waals surface area contributed by atoms with Crippen molar-refractivity contribution in [2.24, 2.45) is 0 Å². The maximum absolute atomic E-state index is 11.3. The Morgan fingerprint density at radius 2 is 2.50 bits per heavy atom. The van der Waals surface area contributed by atoms with Crippen molar-refractivity contribution in [2.75, 3.05) is 11.4 Å². The fraction of sp³-hybridized carbons (Fsp3) is 0.400. The van der Waals surface area contributed by atoms with E-state index in [4.69, 9.17) is 4.74 Å². The maximum atomic E-state index is 11.3. The first kappa shape index (κ1) is 8.99. The third-order valence-electron chi connectivity index (χ3n) is 2.15. The van der Waals surface area contributed by atoms with E-state index in [2.05, 4.69) is 4.98 Å². The zero-order chi connectivity index (χ0) is 10.1. The molecule has 0 saturated carbocycles. The molecule has 0 saturated heterocycles. The topological polar surface area (TPSA) is 42.4 Å². The maximum Gasteiger partial charge on any atom is 0.225 e. The lowest BCUT2D eigenvalue weighted by Crippen LogP contribution is -2.41. The number of pyridine rings is 1. The number of rotatable bonds is 0. The largest absolute Gasteiger partial charge is 0.485 e. The monoisotopic (exact) mass is 192 g/mol. The van der Waals surface area contributed by atoms with Crippen molar-refractivity contribution >= 4 is 11.7 Å². The van der Waals surface area contributed by atoms with Crippen LogP contribution < -0.4 is 9.64 Å². The number of fused-ring (bicyclic) bond motifs is 1. The third-order valence-corrected chi connectivity index (χ3v) is 2.15. The quantitative estimate of drug-likeness (QED) is 0.620. The van der Waals surface area contributed by atoms with Crippen LogP contribution in [0.2, 0.25) is 0 Å². The number of hydrogen-bond donors (Lipinski definition) is 0. The highest BCUT2D eigenvalue weighted by atomic mass is 16.5. The molecule has 1 aliphatic rings. The van der Waals surface area contributed by atoms with Crippen molar-refractivity contribution in [1.82, 2.24) is 4.98 Å². The Labute approximate surface area is 82.5 Å². The average molecular weight is 192 g/mol. The van der Waals surface area contributed by atoms with Gasteiger partial charge in [0.05, 0.1) is 6.54 Å². The van der Waals surface area contributed by atoms with Gasteiger partial charge in [-0.2, -0.15) is 0 Å². The molecule has 1 atom stereocenters. The van der Waals surface area contributed by atoms with Gasteiger partial charge in [-0.25, -0.2) is 4.98 Å². The number of hydrogen-bond acceptors (Lipinski definition) is 3. The minimum atomic E-state index is 0.0000926. The summed E-state index contributed by atoms with van der Waals surface area (Å²) >= 11 is 0. The molecular formula is C10H12N2O2. The summed E-state index contributed by atoms with van der Waals surface area (Å²) in [5, 5.41) is 0. The van der Waals surface area contributed by atoms with Crippen LogP contribution in [0.15, 0.2) is 18.3 Å². The summed E-state index contributed by atoms with van der Waals surface area (Å²) in [4.78, 5) is 17.1.